The number of imidazole rings is 1. The van der Waals surface area contributed by atoms with Crippen LogP contribution in [0, 0.1) is 10.6 Å². The van der Waals surface area contributed by atoms with Crippen LogP contribution < -0.4 is 0 Å². The Bertz CT molecular complexity index is 776. The third kappa shape index (κ3) is 2.31. The summed E-state index contributed by atoms with van der Waals surface area (Å²) in [6, 6.07) is 6.68. The van der Waals surface area contributed by atoms with E-state index in [1.54, 1.807) is 12.3 Å². The van der Waals surface area contributed by atoms with Crippen LogP contribution in [-0.4, -0.2) is 9.55 Å². The molecule has 1 aromatic carbocycles. The SMILES string of the molecule is Fc1cc2c(cc1Cl)[nH]c(=S)n2CCc1ccco1. The van der Waals surface area contributed by atoms with E-state index in [1.807, 2.05) is 16.7 Å². The minimum atomic E-state index is -0.449. The summed E-state index contributed by atoms with van der Waals surface area (Å²) in [6.07, 6.45) is 2.32. The molecule has 0 saturated heterocycles. The van der Waals surface area contributed by atoms with Crippen molar-refractivity contribution in [3.63, 3.8) is 0 Å². The van der Waals surface area contributed by atoms with Crippen molar-refractivity contribution in [3.8, 4) is 0 Å². The van der Waals surface area contributed by atoms with E-state index >= 15 is 0 Å². The summed E-state index contributed by atoms with van der Waals surface area (Å²) < 4.78 is 21.2. The highest BCUT2D eigenvalue weighted by molar-refractivity contribution is 7.71. The van der Waals surface area contributed by atoms with Crippen molar-refractivity contribution >= 4 is 34.9 Å². The first kappa shape index (κ1) is 12.4. The number of halogens is 2. The van der Waals surface area contributed by atoms with Gasteiger partial charge < -0.3 is 14.0 Å². The van der Waals surface area contributed by atoms with Gasteiger partial charge in [0.2, 0.25) is 0 Å². The van der Waals surface area contributed by atoms with E-state index in [1.165, 1.54) is 6.07 Å². The van der Waals surface area contributed by atoms with Crippen molar-refractivity contribution in [2.24, 2.45) is 0 Å². The summed E-state index contributed by atoms with van der Waals surface area (Å²) in [4.78, 5) is 3.02. The molecule has 2 heterocycles. The number of hydrogen-bond donors (Lipinski definition) is 1. The summed E-state index contributed by atoms with van der Waals surface area (Å²) in [6.45, 7) is 0.618. The fourth-order valence-electron chi connectivity index (χ4n) is 2.05. The van der Waals surface area contributed by atoms with Crippen LogP contribution in [0.2, 0.25) is 5.02 Å². The highest BCUT2D eigenvalue weighted by atomic mass is 35.5. The van der Waals surface area contributed by atoms with E-state index in [4.69, 9.17) is 28.2 Å². The second-order valence-electron chi connectivity index (χ2n) is 4.19. The van der Waals surface area contributed by atoms with E-state index in [-0.39, 0.29) is 5.02 Å². The number of furan rings is 1. The summed E-state index contributed by atoms with van der Waals surface area (Å²) in [5, 5.41) is 0.0851. The molecule has 0 atom stereocenters. The molecular formula is C13H10ClFN2OS. The van der Waals surface area contributed by atoms with Gasteiger partial charge in [0.05, 0.1) is 22.3 Å². The van der Waals surface area contributed by atoms with Crippen LogP contribution in [0.1, 0.15) is 5.76 Å². The smallest absolute Gasteiger partial charge is 0.178 e. The summed E-state index contributed by atoms with van der Waals surface area (Å²) in [5.74, 6) is 0.417. The van der Waals surface area contributed by atoms with E-state index in [2.05, 4.69) is 4.98 Å². The van der Waals surface area contributed by atoms with Crippen molar-refractivity contribution < 1.29 is 8.81 Å². The zero-order chi connectivity index (χ0) is 13.4. The molecule has 0 radical (unpaired) electrons. The third-order valence-corrected chi connectivity index (χ3v) is 3.59. The Morgan fingerprint density at radius 1 is 1.42 bits per heavy atom. The van der Waals surface area contributed by atoms with Gasteiger partial charge in [-0.1, -0.05) is 11.6 Å². The quantitative estimate of drug-likeness (QED) is 0.730. The van der Waals surface area contributed by atoms with Crippen LogP contribution in [-0.2, 0) is 13.0 Å². The fourth-order valence-corrected chi connectivity index (χ4v) is 2.51. The van der Waals surface area contributed by atoms with E-state index in [0.717, 1.165) is 11.3 Å². The average Bonchev–Trinajstić information content (AvgIpc) is 2.96. The molecular weight excluding hydrogens is 287 g/mol. The van der Waals surface area contributed by atoms with Gasteiger partial charge in [0, 0.05) is 19.0 Å². The molecule has 1 N–H and O–H groups in total. The number of aromatic nitrogens is 2. The third-order valence-electron chi connectivity index (χ3n) is 2.98. The highest BCUT2D eigenvalue weighted by Crippen LogP contribution is 2.23. The van der Waals surface area contributed by atoms with Crippen LogP contribution in [0.3, 0.4) is 0 Å². The molecule has 0 aliphatic heterocycles. The van der Waals surface area contributed by atoms with Crippen molar-refractivity contribution in [1.82, 2.24) is 9.55 Å². The average molecular weight is 297 g/mol. The van der Waals surface area contributed by atoms with Crippen LogP contribution in [0.5, 0.6) is 0 Å². The number of rotatable bonds is 3. The van der Waals surface area contributed by atoms with Gasteiger partial charge in [-0.25, -0.2) is 4.39 Å². The molecule has 3 nitrogen and oxygen atoms in total. The lowest BCUT2D eigenvalue weighted by Crippen LogP contribution is -2.01. The second-order valence-corrected chi connectivity index (χ2v) is 4.99. The predicted molar refractivity (Wildman–Crippen MR) is 74.5 cm³/mol. The Balaban J connectivity index is 2.00. The highest BCUT2D eigenvalue weighted by Gasteiger charge is 2.09. The van der Waals surface area contributed by atoms with Gasteiger partial charge in [0.1, 0.15) is 11.6 Å². The van der Waals surface area contributed by atoms with Gasteiger partial charge in [-0.15, -0.1) is 0 Å². The first-order chi connectivity index (χ1) is 9.15. The number of fused-ring (bicyclic) bond motifs is 1. The first-order valence-electron chi connectivity index (χ1n) is 5.75. The van der Waals surface area contributed by atoms with E-state index < -0.39 is 5.82 Å². The van der Waals surface area contributed by atoms with Crippen molar-refractivity contribution in [3.05, 3.63) is 51.9 Å². The van der Waals surface area contributed by atoms with Crippen molar-refractivity contribution in [2.75, 3.05) is 0 Å². The van der Waals surface area contributed by atoms with Gasteiger partial charge in [-0.2, -0.15) is 0 Å². The van der Waals surface area contributed by atoms with Gasteiger partial charge in [-0.05, 0) is 30.4 Å². The molecule has 0 aliphatic rings. The summed E-state index contributed by atoms with van der Waals surface area (Å²) in [7, 11) is 0. The predicted octanol–water partition coefficient (Wildman–Crippen LogP) is 4.33. The van der Waals surface area contributed by atoms with Crippen LogP contribution >= 0.6 is 23.8 Å². The molecule has 0 unspecified atom stereocenters. The zero-order valence-electron chi connectivity index (χ0n) is 9.82. The number of H-pyrrole nitrogens is 1. The molecule has 0 aliphatic carbocycles. The van der Waals surface area contributed by atoms with Crippen molar-refractivity contribution in [1.29, 1.82) is 0 Å². The van der Waals surface area contributed by atoms with Gasteiger partial charge >= 0.3 is 0 Å². The Kier molecular flexibility index (Phi) is 3.16. The Morgan fingerprint density at radius 3 is 3.00 bits per heavy atom. The molecule has 3 rings (SSSR count). The van der Waals surface area contributed by atoms with Gasteiger partial charge in [0.15, 0.2) is 4.77 Å². The van der Waals surface area contributed by atoms with Gasteiger partial charge in [0.25, 0.3) is 0 Å². The Hall–Kier alpha value is -1.59. The molecule has 19 heavy (non-hydrogen) atoms. The Morgan fingerprint density at radius 2 is 2.26 bits per heavy atom. The molecule has 0 spiro atoms. The number of benzene rings is 1. The molecule has 3 aromatic rings. The monoisotopic (exact) mass is 296 g/mol. The fraction of sp³-hybridized carbons (Fsp3) is 0.154. The topological polar surface area (TPSA) is 33.9 Å². The Labute approximate surface area is 118 Å². The molecule has 0 fully saturated rings. The lowest BCUT2D eigenvalue weighted by atomic mass is 10.3. The lowest BCUT2D eigenvalue weighted by molar-refractivity contribution is 0.492. The van der Waals surface area contributed by atoms with Gasteiger partial charge in [-0.3, -0.25) is 0 Å². The normalized spacial score (nSPS) is 11.3. The number of nitrogens with one attached hydrogen (secondary N) is 1. The minimum absolute atomic E-state index is 0.0851. The van der Waals surface area contributed by atoms with Crippen molar-refractivity contribution in [2.45, 2.75) is 13.0 Å². The lowest BCUT2D eigenvalue weighted by Gasteiger charge is -2.03. The summed E-state index contributed by atoms with van der Waals surface area (Å²) in [5.41, 5.74) is 1.44. The summed E-state index contributed by atoms with van der Waals surface area (Å²) >= 11 is 11.0. The van der Waals surface area contributed by atoms with E-state index in [9.17, 15) is 4.39 Å². The second kappa shape index (κ2) is 4.83. The largest absolute Gasteiger partial charge is 0.469 e. The zero-order valence-corrected chi connectivity index (χ0v) is 11.4. The van der Waals surface area contributed by atoms with Crippen LogP contribution in [0.15, 0.2) is 34.9 Å². The van der Waals surface area contributed by atoms with Crippen LogP contribution in [0.4, 0.5) is 4.39 Å². The molecule has 0 bridgehead atoms. The van der Waals surface area contributed by atoms with E-state index in [0.29, 0.717) is 23.3 Å². The van der Waals surface area contributed by atoms with Crippen LogP contribution in [0.25, 0.3) is 11.0 Å². The maximum absolute atomic E-state index is 13.5. The molecule has 0 amide bonds. The number of hydrogen-bond acceptors (Lipinski definition) is 2. The number of aryl methyl sites for hydroxylation is 2. The maximum Gasteiger partial charge on any atom is 0.178 e. The molecule has 98 valence electrons. The minimum Gasteiger partial charge on any atom is -0.469 e. The molecule has 6 heteroatoms. The maximum atomic E-state index is 13.5. The first-order valence-corrected chi connectivity index (χ1v) is 6.54. The standard InChI is InChI=1S/C13H10ClFN2OS/c14-9-6-11-12(7-10(9)15)17(13(19)16-11)4-3-8-2-1-5-18-8/h1-2,5-7H,3-4H2,(H,16,19). The number of nitrogens with zero attached hydrogens (tertiary/aromatic N) is 1. The number of aromatic amines is 1. The molecule has 2 aromatic heterocycles. The molecule has 0 saturated carbocycles.